The molecular formula is C20H27IN4O3. The van der Waals surface area contributed by atoms with Gasteiger partial charge < -0.3 is 25.1 Å². The number of para-hydroxylation sites is 1. The Morgan fingerprint density at radius 3 is 2.75 bits per heavy atom. The fraction of sp³-hybridized carbons (Fsp3) is 0.400. The molecule has 8 heteroatoms. The van der Waals surface area contributed by atoms with E-state index in [1.54, 1.807) is 13.1 Å². The number of ether oxygens (including phenoxy) is 1. The average Bonchev–Trinajstić information content (AvgIpc) is 3.13. The number of carbonyl (C=O) groups excluding carboxylic acids is 1. The van der Waals surface area contributed by atoms with Crippen LogP contribution >= 0.6 is 24.0 Å². The second-order valence-corrected chi connectivity index (χ2v) is 6.41. The van der Waals surface area contributed by atoms with E-state index in [2.05, 4.69) is 27.0 Å². The van der Waals surface area contributed by atoms with Crippen molar-refractivity contribution in [3.63, 3.8) is 0 Å². The highest BCUT2D eigenvalue weighted by Crippen LogP contribution is 2.31. The second-order valence-electron chi connectivity index (χ2n) is 6.41. The molecule has 3 N–H and O–H groups in total. The number of fused-ring (bicyclic) bond motifs is 1. The summed E-state index contributed by atoms with van der Waals surface area (Å²) in [7, 11) is 1.75. The summed E-state index contributed by atoms with van der Waals surface area (Å²) in [6.45, 7) is 3.79. The number of halogens is 1. The van der Waals surface area contributed by atoms with Gasteiger partial charge in [0.2, 0.25) is 0 Å². The van der Waals surface area contributed by atoms with Crippen LogP contribution in [0.2, 0.25) is 0 Å². The number of hydrogen-bond donors (Lipinski definition) is 3. The van der Waals surface area contributed by atoms with E-state index in [4.69, 9.17) is 9.15 Å². The number of rotatable bonds is 6. The smallest absolute Gasteiger partial charge is 0.287 e. The van der Waals surface area contributed by atoms with Crippen molar-refractivity contribution in [3.8, 4) is 5.75 Å². The van der Waals surface area contributed by atoms with Crippen molar-refractivity contribution in [2.45, 2.75) is 25.8 Å². The molecule has 1 atom stereocenters. The normalized spacial score (nSPS) is 15.6. The summed E-state index contributed by atoms with van der Waals surface area (Å²) in [6.07, 6.45) is 3.18. The molecule has 3 rings (SSSR count). The Balaban J connectivity index is 0.00000280. The number of nitrogens with one attached hydrogen (secondary N) is 3. The first kappa shape index (κ1) is 22.1. The zero-order valence-corrected chi connectivity index (χ0v) is 18.5. The molecule has 1 amide bonds. The molecule has 1 aliphatic heterocycles. The molecular weight excluding hydrogens is 471 g/mol. The van der Waals surface area contributed by atoms with Crippen molar-refractivity contribution >= 4 is 35.8 Å². The molecule has 28 heavy (non-hydrogen) atoms. The standard InChI is InChI=1S/C20H26N4O3.HI/c1-14-8-12-27-18(14)19(25)22-10-5-11-23-20(21-2)24-16-9-13-26-17-7-4-3-6-15(16)17;/h3-4,6-8,12,16H,5,9-11,13H2,1-2H3,(H,22,25)(H2,21,23,24);1H. The number of aliphatic imine (C=N–C) groups is 1. The van der Waals surface area contributed by atoms with Crippen LogP contribution in [0.25, 0.3) is 0 Å². The third-order valence-electron chi connectivity index (χ3n) is 4.49. The highest BCUT2D eigenvalue weighted by Gasteiger charge is 2.21. The van der Waals surface area contributed by atoms with Crippen LogP contribution in [0.4, 0.5) is 0 Å². The lowest BCUT2D eigenvalue weighted by Crippen LogP contribution is -2.42. The number of guanidine groups is 1. The topological polar surface area (TPSA) is 87.9 Å². The number of carbonyl (C=O) groups is 1. The van der Waals surface area contributed by atoms with Gasteiger partial charge in [-0.05, 0) is 25.5 Å². The molecule has 1 aromatic carbocycles. The van der Waals surface area contributed by atoms with Gasteiger partial charge in [-0.15, -0.1) is 24.0 Å². The molecule has 1 aromatic heterocycles. The Morgan fingerprint density at radius 2 is 2.00 bits per heavy atom. The van der Waals surface area contributed by atoms with Gasteiger partial charge in [-0.1, -0.05) is 18.2 Å². The van der Waals surface area contributed by atoms with Gasteiger partial charge in [-0.2, -0.15) is 0 Å². The molecule has 1 aliphatic rings. The Morgan fingerprint density at radius 1 is 1.21 bits per heavy atom. The zero-order chi connectivity index (χ0) is 19.1. The maximum atomic E-state index is 12.0. The molecule has 0 saturated heterocycles. The Bertz CT molecular complexity index is 806. The van der Waals surface area contributed by atoms with E-state index < -0.39 is 0 Å². The van der Waals surface area contributed by atoms with Crippen molar-refractivity contribution in [1.29, 1.82) is 0 Å². The lowest BCUT2D eigenvalue weighted by molar-refractivity contribution is 0.0925. The van der Waals surface area contributed by atoms with Crippen LogP contribution in [-0.4, -0.2) is 38.6 Å². The molecule has 0 aliphatic carbocycles. The van der Waals surface area contributed by atoms with Crippen molar-refractivity contribution in [1.82, 2.24) is 16.0 Å². The zero-order valence-electron chi connectivity index (χ0n) is 16.2. The van der Waals surface area contributed by atoms with E-state index in [1.165, 1.54) is 6.26 Å². The van der Waals surface area contributed by atoms with Gasteiger partial charge in [0.05, 0.1) is 18.9 Å². The van der Waals surface area contributed by atoms with Crippen molar-refractivity contribution in [2.24, 2.45) is 4.99 Å². The van der Waals surface area contributed by atoms with E-state index in [9.17, 15) is 4.79 Å². The maximum absolute atomic E-state index is 12.0. The molecule has 2 heterocycles. The molecule has 0 saturated carbocycles. The van der Waals surface area contributed by atoms with Crippen LogP contribution in [0.3, 0.4) is 0 Å². The monoisotopic (exact) mass is 498 g/mol. The Kier molecular flexibility index (Phi) is 8.62. The van der Waals surface area contributed by atoms with Crippen molar-refractivity contribution < 1.29 is 13.9 Å². The fourth-order valence-electron chi connectivity index (χ4n) is 3.03. The van der Waals surface area contributed by atoms with Gasteiger partial charge >= 0.3 is 0 Å². The van der Waals surface area contributed by atoms with Crippen LogP contribution in [0, 0.1) is 6.92 Å². The predicted octanol–water partition coefficient (Wildman–Crippen LogP) is 3.01. The second kappa shape index (κ2) is 10.9. The number of amides is 1. The Labute approximate surface area is 182 Å². The molecule has 0 bridgehead atoms. The van der Waals surface area contributed by atoms with Gasteiger partial charge in [0.1, 0.15) is 5.75 Å². The van der Waals surface area contributed by atoms with E-state index in [0.717, 1.165) is 35.7 Å². The van der Waals surface area contributed by atoms with Crippen LogP contribution in [0.15, 0.2) is 46.0 Å². The van der Waals surface area contributed by atoms with E-state index >= 15 is 0 Å². The fourth-order valence-corrected chi connectivity index (χ4v) is 3.03. The van der Waals surface area contributed by atoms with Crippen LogP contribution in [-0.2, 0) is 0 Å². The summed E-state index contributed by atoms with van der Waals surface area (Å²) in [5, 5.41) is 9.60. The van der Waals surface area contributed by atoms with Crippen LogP contribution in [0.5, 0.6) is 5.75 Å². The summed E-state index contributed by atoms with van der Waals surface area (Å²) in [5.74, 6) is 1.86. The Hall–Kier alpha value is -2.23. The minimum atomic E-state index is -0.182. The summed E-state index contributed by atoms with van der Waals surface area (Å²) < 4.78 is 10.9. The first-order valence-corrected chi connectivity index (χ1v) is 9.20. The molecule has 7 nitrogen and oxygen atoms in total. The quantitative estimate of drug-likeness (QED) is 0.247. The number of hydrogen-bond acceptors (Lipinski definition) is 4. The van der Waals surface area contributed by atoms with Gasteiger partial charge in [0.25, 0.3) is 5.91 Å². The SMILES string of the molecule is CN=C(NCCCNC(=O)c1occc1C)NC1CCOc2ccccc21.I. The van der Waals surface area contributed by atoms with Gasteiger partial charge in [0, 0.05) is 37.7 Å². The third-order valence-corrected chi connectivity index (χ3v) is 4.49. The number of furan rings is 1. The molecule has 1 unspecified atom stereocenters. The average molecular weight is 498 g/mol. The predicted molar refractivity (Wildman–Crippen MR) is 120 cm³/mol. The van der Waals surface area contributed by atoms with Gasteiger partial charge in [-0.3, -0.25) is 9.79 Å². The maximum Gasteiger partial charge on any atom is 0.287 e. The lowest BCUT2D eigenvalue weighted by Gasteiger charge is -2.28. The molecule has 0 fully saturated rings. The number of nitrogens with zero attached hydrogens (tertiary/aromatic N) is 1. The van der Waals surface area contributed by atoms with Gasteiger partial charge in [0.15, 0.2) is 11.7 Å². The highest BCUT2D eigenvalue weighted by atomic mass is 127. The summed E-state index contributed by atoms with van der Waals surface area (Å²) in [4.78, 5) is 16.3. The highest BCUT2D eigenvalue weighted by molar-refractivity contribution is 14.0. The van der Waals surface area contributed by atoms with E-state index in [1.807, 2.05) is 25.1 Å². The van der Waals surface area contributed by atoms with Crippen LogP contribution in [0.1, 0.15) is 40.6 Å². The van der Waals surface area contributed by atoms with Crippen molar-refractivity contribution in [2.75, 3.05) is 26.7 Å². The number of benzene rings is 1. The minimum Gasteiger partial charge on any atom is -0.493 e. The minimum absolute atomic E-state index is 0. The molecule has 0 radical (unpaired) electrons. The lowest BCUT2D eigenvalue weighted by atomic mass is 10.0. The molecule has 2 aromatic rings. The molecule has 152 valence electrons. The summed E-state index contributed by atoms with van der Waals surface area (Å²) in [6, 6.07) is 10.0. The molecule has 0 spiro atoms. The summed E-state index contributed by atoms with van der Waals surface area (Å²) >= 11 is 0. The van der Waals surface area contributed by atoms with E-state index in [-0.39, 0.29) is 35.9 Å². The first-order chi connectivity index (χ1) is 13.2. The first-order valence-electron chi connectivity index (χ1n) is 9.20. The van der Waals surface area contributed by atoms with E-state index in [0.29, 0.717) is 25.5 Å². The largest absolute Gasteiger partial charge is 0.493 e. The third kappa shape index (κ3) is 5.63. The van der Waals surface area contributed by atoms with Crippen LogP contribution < -0.4 is 20.7 Å². The van der Waals surface area contributed by atoms with Gasteiger partial charge in [-0.25, -0.2) is 0 Å². The van der Waals surface area contributed by atoms with Crippen molar-refractivity contribution in [3.05, 3.63) is 53.5 Å². The summed E-state index contributed by atoms with van der Waals surface area (Å²) in [5.41, 5.74) is 1.99. The number of aryl methyl sites for hydroxylation is 1.